The molecule has 2 aromatic carbocycles. The third kappa shape index (κ3) is 1.58. The zero-order chi connectivity index (χ0) is 12.8. The van der Waals surface area contributed by atoms with Gasteiger partial charge < -0.3 is 5.11 Å². The van der Waals surface area contributed by atoms with Gasteiger partial charge in [-0.3, -0.25) is 0 Å². The van der Waals surface area contributed by atoms with Crippen molar-refractivity contribution in [1.29, 1.82) is 0 Å². The fourth-order valence-corrected chi connectivity index (χ4v) is 3.45. The van der Waals surface area contributed by atoms with Gasteiger partial charge in [-0.1, -0.05) is 48.6 Å². The molecule has 0 spiro atoms. The highest BCUT2D eigenvalue weighted by atomic mass is 16.3. The zero-order valence-electron chi connectivity index (χ0n) is 10.8. The highest BCUT2D eigenvalue weighted by molar-refractivity contribution is 5.75. The van der Waals surface area contributed by atoms with Gasteiger partial charge in [0.2, 0.25) is 0 Å². The van der Waals surface area contributed by atoms with Gasteiger partial charge in [-0.2, -0.15) is 0 Å². The Morgan fingerprint density at radius 1 is 0.895 bits per heavy atom. The molecule has 0 radical (unpaired) electrons. The van der Waals surface area contributed by atoms with Crippen LogP contribution in [0.4, 0.5) is 0 Å². The summed E-state index contributed by atoms with van der Waals surface area (Å²) in [6.45, 7) is 0. The summed E-state index contributed by atoms with van der Waals surface area (Å²) in [5, 5.41) is 10.1. The van der Waals surface area contributed by atoms with Crippen LogP contribution in [-0.2, 0) is 19.3 Å². The maximum Gasteiger partial charge on any atom is 0.0974 e. The van der Waals surface area contributed by atoms with Gasteiger partial charge in [0.1, 0.15) is 0 Å². The van der Waals surface area contributed by atoms with Gasteiger partial charge >= 0.3 is 0 Å². The zero-order valence-corrected chi connectivity index (χ0v) is 10.8. The molecule has 4 rings (SSSR count). The number of aryl methyl sites for hydroxylation is 1. The SMILES string of the molecule is OC1C=CCc2c1ccc1c2CCc2ccccc2-1. The summed E-state index contributed by atoms with van der Waals surface area (Å²) in [5.41, 5.74) is 8.07. The standard InChI is InChI=1S/C18H16O/c19-18-7-3-6-14-16-9-8-12-4-1-2-5-13(12)15(16)10-11-17(14)18/h1-5,7,10-11,18-19H,6,8-9H2. The van der Waals surface area contributed by atoms with Crippen molar-refractivity contribution in [3.8, 4) is 11.1 Å². The van der Waals surface area contributed by atoms with Crippen LogP contribution in [0.15, 0.2) is 48.6 Å². The molecule has 0 saturated carbocycles. The first-order valence-corrected chi connectivity index (χ1v) is 6.92. The third-order valence-electron chi connectivity index (χ3n) is 4.38. The van der Waals surface area contributed by atoms with E-state index in [1.807, 2.05) is 6.08 Å². The molecule has 1 atom stereocenters. The van der Waals surface area contributed by atoms with Gasteiger partial charge in [-0.15, -0.1) is 0 Å². The monoisotopic (exact) mass is 248 g/mol. The highest BCUT2D eigenvalue weighted by Gasteiger charge is 2.23. The molecule has 2 aliphatic rings. The van der Waals surface area contributed by atoms with E-state index in [0.29, 0.717) is 0 Å². The molecule has 1 unspecified atom stereocenters. The van der Waals surface area contributed by atoms with Crippen molar-refractivity contribution in [2.45, 2.75) is 25.4 Å². The summed E-state index contributed by atoms with van der Waals surface area (Å²) in [5.74, 6) is 0. The van der Waals surface area contributed by atoms with Gasteiger partial charge in [-0.25, -0.2) is 0 Å². The number of hydrogen-bond acceptors (Lipinski definition) is 1. The van der Waals surface area contributed by atoms with Gasteiger partial charge in [0.25, 0.3) is 0 Å². The van der Waals surface area contributed by atoms with Crippen LogP contribution >= 0.6 is 0 Å². The van der Waals surface area contributed by atoms with E-state index in [2.05, 4.69) is 42.5 Å². The number of aliphatic hydroxyl groups excluding tert-OH is 1. The van der Waals surface area contributed by atoms with E-state index < -0.39 is 6.10 Å². The van der Waals surface area contributed by atoms with Gasteiger partial charge in [0.05, 0.1) is 6.10 Å². The molecule has 1 nitrogen and oxygen atoms in total. The molecular formula is C18H16O. The number of hydrogen-bond donors (Lipinski definition) is 1. The molecule has 0 heterocycles. The molecule has 94 valence electrons. The van der Waals surface area contributed by atoms with Crippen LogP contribution < -0.4 is 0 Å². The Kier molecular flexibility index (Phi) is 2.36. The van der Waals surface area contributed by atoms with E-state index in [1.54, 1.807) is 0 Å². The van der Waals surface area contributed by atoms with E-state index in [0.717, 1.165) is 24.8 Å². The van der Waals surface area contributed by atoms with Crippen LogP contribution in [0.25, 0.3) is 11.1 Å². The van der Waals surface area contributed by atoms with Crippen molar-refractivity contribution in [2.75, 3.05) is 0 Å². The maximum atomic E-state index is 10.1. The lowest BCUT2D eigenvalue weighted by Crippen LogP contribution is -2.12. The summed E-state index contributed by atoms with van der Waals surface area (Å²) in [4.78, 5) is 0. The Hall–Kier alpha value is -1.86. The molecule has 0 fully saturated rings. The minimum atomic E-state index is -0.425. The highest BCUT2D eigenvalue weighted by Crippen LogP contribution is 2.39. The van der Waals surface area contributed by atoms with Gasteiger partial charge in [0.15, 0.2) is 0 Å². The maximum absolute atomic E-state index is 10.1. The molecule has 0 bridgehead atoms. The minimum Gasteiger partial charge on any atom is -0.384 e. The van der Waals surface area contributed by atoms with Crippen molar-refractivity contribution in [1.82, 2.24) is 0 Å². The van der Waals surface area contributed by atoms with Crippen molar-refractivity contribution < 1.29 is 5.11 Å². The molecule has 2 aliphatic carbocycles. The van der Waals surface area contributed by atoms with Gasteiger partial charge in [0, 0.05) is 0 Å². The first-order valence-electron chi connectivity index (χ1n) is 6.92. The van der Waals surface area contributed by atoms with Gasteiger partial charge in [-0.05, 0) is 52.6 Å². The molecule has 1 N–H and O–H groups in total. The first kappa shape index (κ1) is 11.0. The topological polar surface area (TPSA) is 20.2 Å². The normalized spacial score (nSPS) is 19.5. The van der Waals surface area contributed by atoms with Crippen LogP contribution in [0.5, 0.6) is 0 Å². The Morgan fingerprint density at radius 3 is 2.74 bits per heavy atom. The molecule has 2 aromatic rings. The van der Waals surface area contributed by atoms with Crippen LogP contribution in [0, 0.1) is 0 Å². The lowest BCUT2D eigenvalue weighted by atomic mass is 9.79. The average Bonchev–Trinajstić information content (AvgIpc) is 2.47. The number of benzene rings is 2. The Labute approximate surface area is 113 Å². The summed E-state index contributed by atoms with van der Waals surface area (Å²) < 4.78 is 0. The summed E-state index contributed by atoms with van der Waals surface area (Å²) in [6, 6.07) is 13.0. The second-order valence-corrected chi connectivity index (χ2v) is 5.39. The lowest BCUT2D eigenvalue weighted by Gasteiger charge is -2.26. The number of allylic oxidation sites excluding steroid dienone is 1. The Bertz CT molecular complexity index is 682. The smallest absolute Gasteiger partial charge is 0.0974 e. The van der Waals surface area contributed by atoms with Crippen LogP contribution in [0.2, 0.25) is 0 Å². The van der Waals surface area contributed by atoms with Crippen LogP contribution in [0.1, 0.15) is 28.4 Å². The third-order valence-corrected chi connectivity index (χ3v) is 4.38. The molecule has 1 heteroatoms. The molecule has 19 heavy (non-hydrogen) atoms. The van der Waals surface area contributed by atoms with Crippen molar-refractivity contribution >= 4 is 0 Å². The van der Waals surface area contributed by atoms with Crippen molar-refractivity contribution in [2.24, 2.45) is 0 Å². The Morgan fingerprint density at radius 2 is 1.79 bits per heavy atom. The molecule has 0 aromatic heterocycles. The predicted molar refractivity (Wildman–Crippen MR) is 77.1 cm³/mol. The van der Waals surface area contributed by atoms with E-state index >= 15 is 0 Å². The summed E-state index contributed by atoms with van der Waals surface area (Å²) >= 11 is 0. The first-order chi connectivity index (χ1) is 9.34. The second-order valence-electron chi connectivity index (χ2n) is 5.39. The largest absolute Gasteiger partial charge is 0.384 e. The molecule has 0 saturated heterocycles. The average molecular weight is 248 g/mol. The number of aliphatic hydroxyl groups is 1. The number of fused-ring (bicyclic) bond motifs is 5. The quantitative estimate of drug-likeness (QED) is 0.706. The van der Waals surface area contributed by atoms with Crippen LogP contribution in [0.3, 0.4) is 0 Å². The minimum absolute atomic E-state index is 0.425. The van der Waals surface area contributed by atoms with Crippen LogP contribution in [-0.4, -0.2) is 5.11 Å². The molecule has 0 aliphatic heterocycles. The summed E-state index contributed by atoms with van der Waals surface area (Å²) in [6.07, 6.45) is 6.72. The fourth-order valence-electron chi connectivity index (χ4n) is 3.45. The van der Waals surface area contributed by atoms with E-state index in [-0.39, 0.29) is 0 Å². The molecule has 0 amide bonds. The lowest BCUT2D eigenvalue weighted by molar-refractivity contribution is 0.225. The van der Waals surface area contributed by atoms with E-state index in [1.165, 1.54) is 27.8 Å². The van der Waals surface area contributed by atoms with E-state index in [9.17, 15) is 5.11 Å². The van der Waals surface area contributed by atoms with Crippen molar-refractivity contribution in [3.63, 3.8) is 0 Å². The summed E-state index contributed by atoms with van der Waals surface area (Å²) in [7, 11) is 0. The number of rotatable bonds is 0. The molecular weight excluding hydrogens is 232 g/mol. The van der Waals surface area contributed by atoms with Crippen molar-refractivity contribution in [3.05, 3.63) is 70.8 Å². The fraction of sp³-hybridized carbons (Fsp3) is 0.222. The Balaban J connectivity index is 1.96. The van der Waals surface area contributed by atoms with E-state index in [4.69, 9.17) is 0 Å². The predicted octanol–water partition coefficient (Wildman–Crippen LogP) is 3.60. The second kappa shape index (κ2) is 4.07.